The number of aliphatic hydroxyl groups is 1. The van der Waals surface area contributed by atoms with Crippen molar-refractivity contribution >= 4 is 0 Å². The summed E-state index contributed by atoms with van der Waals surface area (Å²) in [6.45, 7) is 2.60. The van der Waals surface area contributed by atoms with Gasteiger partial charge in [0.15, 0.2) is 0 Å². The molecule has 2 saturated carbocycles. The van der Waals surface area contributed by atoms with Crippen LogP contribution >= 0.6 is 0 Å². The van der Waals surface area contributed by atoms with Gasteiger partial charge in [-0.2, -0.15) is 0 Å². The molecule has 0 amide bonds. The molecule has 0 aromatic carbocycles. The Kier molecular flexibility index (Phi) is 6.11. The topological polar surface area (TPSA) is 58.3 Å². The van der Waals surface area contributed by atoms with E-state index in [1.165, 1.54) is 57.8 Å². The highest BCUT2D eigenvalue weighted by Gasteiger charge is 2.25. The first kappa shape index (κ1) is 15.3. The fourth-order valence-electron chi connectivity index (χ4n) is 3.83. The molecule has 4 N–H and O–H groups in total. The van der Waals surface area contributed by atoms with Crippen LogP contribution in [0.15, 0.2) is 0 Å². The molecule has 0 spiro atoms. The van der Waals surface area contributed by atoms with Gasteiger partial charge in [-0.1, -0.05) is 0 Å². The van der Waals surface area contributed by atoms with Crippen LogP contribution in [0.2, 0.25) is 0 Å². The molecule has 0 aromatic heterocycles. The Balaban J connectivity index is 1.60. The second-order valence-corrected chi connectivity index (χ2v) is 6.99. The van der Waals surface area contributed by atoms with Gasteiger partial charge < -0.3 is 16.2 Å². The van der Waals surface area contributed by atoms with Crippen molar-refractivity contribution in [3.63, 3.8) is 0 Å². The number of nitrogens with one attached hydrogen (secondary N) is 1. The van der Waals surface area contributed by atoms with E-state index in [0.717, 1.165) is 18.4 Å². The van der Waals surface area contributed by atoms with E-state index in [4.69, 9.17) is 5.73 Å². The van der Waals surface area contributed by atoms with Crippen LogP contribution in [0.1, 0.15) is 64.7 Å². The van der Waals surface area contributed by atoms with Gasteiger partial charge in [0.1, 0.15) is 0 Å². The summed E-state index contributed by atoms with van der Waals surface area (Å²) >= 11 is 0. The van der Waals surface area contributed by atoms with Crippen molar-refractivity contribution in [3.05, 3.63) is 0 Å². The lowest BCUT2D eigenvalue weighted by Gasteiger charge is -2.33. The highest BCUT2D eigenvalue weighted by Crippen LogP contribution is 2.34. The van der Waals surface area contributed by atoms with E-state index in [2.05, 4.69) is 5.32 Å². The Bertz CT molecular complexity index is 241. The summed E-state index contributed by atoms with van der Waals surface area (Å²) in [6, 6.07) is 1.13. The van der Waals surface area contributed by atoms with E-state index in [0.29, 0.717) is 12.1 Å². The second kappa shape index (κ2) is 7.61. The third-order valence-corrected chi connectivity index (χ3v) is 5.11. The molecule has 1 atom stereocenters. The Labute approximate surface area is 118 Å². The first-order chi connectivity index (χ1) is 9.13. The molecule has 112 valence electrons. The lowest BCUT2D eigenvalue weighted by atomic mass is 9.76. The molecule has 0 saturated heterocycles. The van der Waals surface area contributed by atoms with Gasteiger partial charge in [-0.05, 0) is 76.5 Å². The minimum absolute atomic E-state index is 0.218. The normalized spacial score (nSPS) is 38.1. The van der Waals surface area contributed by atoms with Gasteiger partial charge in [0.25, 0.3) is 0 Å². The van der Waals surface area contributed by atoms with Gasteiger partial charge in [-0.15, -0.1) is 0 Å². The summed E-state index contributed by atoms with van der Waals surface area (Å²) in [5.41, 5.74) is 5.98. The predicted octanol–water partition coefficient (Wildman–Crippen LogP) is 2.42. The average molecular weight is 268 g/mol. The third kappa shape index (κ3) is 5.41. The van der Waals surface area contributed by atoms with E-state index in [1.807, 2.05) is 6.92 Å². The molecule has 3 nitrogen and oxygen atoms in total. The maximum absolute atomic E-state index is 9.30. The minimum atomic E-state index is -0.218. The van der Waals surface area contributed by atoms with Crippen molar-refractivity contribution < 1.29 is 5.11 Å². The van der Waals surface area contributed by atoms with Crippen LogP contribution < -0.4 is 11.1 Å². The summed E-state index contributed by atoms with van der Waals surface area (Å²) in [4.78, 5) is 0. The summed E-state index contributed by atoms with van der Waals surface area (Å²) in [5, 5.41) is 12.8. The van der Waals surface area contributed by atoms with Crippen molar-refractivity contribution in [1.82, 2.24) is 5.32 Å². The zero-order valence-electron chi connectivity index (χ0n) is 12.5. The van der Waals surface area contributed by atoms with Crippen LogP contribution in [0.25, 0.3) is 0 Å². The predicted molar refractivity (Wildman–Crippen MR) is 80.0 cm³/mol. The lowest BCUT2D eigenvalue weighted by molar-refractivity contribution is 0.171. The molecule has 0 aromatic rings. The highest BCUT2D eigenvalue weighted by molar-refractivity contribution is 4.81. The van der Waals surface area contributed by atoms with Crippen LogP contribution in [-0.2, 0) is 0 Å². The molecule has 3 heteroatoms. The van der Waals surface area contributed by atoms with Gasteiger partial charge in [-0.25, -0.2) is 0 Å². The fraction of sp³-hybridized carbons (Fsp3) is 1.00. The van der Waals surface area contributed by atoms with Crippen molar-refractivity contribution in [3.8, 4) is 0 Å². The first-order valence-electron chi connectivity index (χ1n) is 8.30. The molecular formula is C16H32N2O. The molecule has 2 fully saturated rings. The van der Waals surface area contributed by atoms with Crippen LogP contribution in [0.5, 0.6) is 0 Å². The molecule has 2 aliphatic carbocycles. The maximum Gasteiger partial charge on any atom is 0.0636 e. The first-order valence-corrected chi connectivity index (χ1v) is 8.30. The zero-order valence-corrected chi connectivity index (χ0v) is 12.5. The van der Waals surface area contributed by atoms with Crippen LogP contribution in [0.4, 0.5) is 0 Å². The van der Waals surface area contributed by atoms with Gasteiger partial charge >= 0.3 is 0 Å². The molecule has 2 aliphatic rings. The Morgan fingerprint density at radius 1 is 1.00 bits per heavy atom. The molecule has 0 radical (unpaired) electrons. The summed E-state index contributed by atoms with van der Waals surface area (Å²) < 4.78 is 0. The third-order valence-electron chi connectivity index (χ3n) is 5.11. The van der Waals surface area contributed by atoms with E-state index >= 15 is 0 Å². The van der Waals surface area contributed by atoms with Crippen LogP contribution in [0.3, 0.4) is 0 Å². The summed E-state index contributed by atoms with van der Waals surface area (Å²) in [7, 11) is 0. The molecule has 0 heterocycles. The quantitative estimate of drug-likeness (QED) is 0.718. The van der Waals surface area contributed by atoms with Crippen LogP contribution in [0, 0.1) is 11.8 Å². The molecular weight excluding hydrogens is 236 g/mol. The molecule has 1 unspecified atom stereocenters. The Hall–Kier alpha value is -0.120. The van der Waals surface area contributed by atoms with E-state index < -0.39 is 0 Å². The standard InChI is InChI=1S/C16H32N2O/c1-12(19)11-18-16-8-4-14(5-9-16)10-13-2-6-15(17)7-3-13/h12-16,18-19H,2-11,17H2,1H3. The smallest absolute Gasteiger partial charge is 0.0636 e. The van der Waals surface area contributed by atoms with Gasteiger partial charge in [-0.3, -0.25) is 0 Å². The second-order valence-electron chi connectivity index (χ2n) is 6.99. The molecule has 0 bridgehead atoms. The average Bonchev–Trinajstić information content (AvgIpc) is 2.40. The Morgan fingerprint density at radius 3 is 2.05 bits per heavy atom. The van der Waals surface area contributed by atoms with E-state index in [1.54, 1.807) is 0 Å². The largest absolute Gasteiger partial charge is 0.392 e. The van der Waals surface area contributed by atoms with E-state index in [9.17, 15) is 5.11 Å². The number of rotatable bonds is 5. The number of hydrogen-bond acceptors (Lipinski definition) is 3. The minimum Gasteiger partial charge on any atom is -0.392 e. The van der Waals surface area contributed by atoms with Crippen LogP contribution in [-0.4, -0.2) is 29.8 Å². The monoisotopic (exact) mass is 268 g/mol. The number of nitrogens with two attached hydrogens (primary N) is 1. The summed E-state index contributed by atoms with van der Waals surface area (Å²) in [5.74, 6) is 1.90. The fourth-order valence-corrected chi connectivity index (χ4v) is 3.83. The van der Waals surface area contributed by atoms with Gasteiger partial charge in [0.05, 0.1) is 6.10 Å². The van der Waals surface area contributed by atoms with Gasteiger partial charge in [0, 0.05) is 18.6 Å². The van der Waals surface area contributed by atoms with Crippen molar-refractivity contribution in [1.29, 1.82) is 0 Å². The molecule has 0 aliphatic heterocycles. The number of aliphatic hydroxyl groups excluding tert-OH is 1. The van der Waals surface area contributed by atoms with Crippen molar-refractivity contribution in [2.75, 3.05) is 6.54 Å². The van der Waals surface area contributed by atoms with Crippen molar-refractivity contribution in [2.24, 2.45) is 17.6 Å². The maximum atomic E-state index is 9.30. The van der Waals surface area contributed by atoms with Gasteiger partial charge in [0.2, 0.25) is 0 Å². The molecule has 2 rings (SSSR count). The zero-order chi connectivity index (χ0) is 13.7. The summed E-state index contributed by atoms with van der Waals surface area (Å²) in [6.07, 6.45) is 11.8. The van der Waals surface area contributed by atoms with E-state index in [-0.39, 0.29) is 6.10 Å². The Morgan fingerprint density at radius 2 is 1.53 bits per heavy atom. The molecule has 19 heavy (non-hydrogen) atoms. The van der Waals surface area contributed by atoms with Crippen molar-refractivity contribution in [2.45, 2.75) is 82.9 Å². The highest BCUT2D eigenvalue weighted by atomic mass is 16.3. The number of hydrogen-bond donors (Lipinski definition) is 3. The lowest BCUT2D eigenvalue weighted by Crippen LogP contribution is -2.37. The SMILES string of the molecule is CC(O)CNC1CCC(CC2CCC(N)CC2)CC1.